The molecule has 16 heavy (non-hydrogen) atoms. The fourth-order valence-electron chi connectivity index (χ4n) is 1.19. The molecule has 0 spiro atoms. The molecule has 1 amide bonds. The summed E-state index contributed by atoms with van der Waals surface area (Å²) in [5.41, 5.74) is -0.463. The molecule has 0 aromatic carbocycles. The summed E-state index contributed by atoms with van der Waals surface area (Å²) in [6, 6.07) is 0.0736. The van der Waals surface area contributed by atoms with Gasteiger partial charge in [0.1, 0.15) is 5.60 Å². The van der Waals surface area contributed by atoms with Crippen LogP contribution in [0.15, 0.2) is 0 Å². The molecule has 0 saturated carbocycles. The first-order valence-corrected chi connectivity index (χ1v) is 5.77. The Kier molecular flexibility index (Phi) is 5.79. The highest BCUT2D eigenvalue weighted by Gasteiger charge is 2.22. The molecular formula is C12H25NO3. The average molecular weight is 231 g/mol. The highest BCUT2D eigenvalue weighted by Crippen LogP contribution is 2.13. The van der Waals surface area contributed by atoms with Gasteiger partial charge in [-0.25, -0.2) is 4.79 Å². The Morgan fingerprint density at radius 1 is 1.31 bits per heavy atom. The molecule has 0 aliphatic rings. The molecule has 0 bridgehead atoms. The molecule has 0 saturated heterocycles. The zero-order valence-corrected chi connectivity index (χ0v) is 11.3. The van der Waals surface area contributed by atoms with Gasteiger partial charge in [0.2, 0.25) is 0 Å². The summed E-state index contributed by atoms with van der Waals surface area (Å²) in [7, 11) is 1.72. The minimum atomic E-state index is -0.463. The van der Waals surface area contributed by atoms with Gasteiger partial charge in [0.25, 0.3) is 0 Å². The molecule has 1 N–H and O–H groups in total. The van der Waals surface area contributed by atoms with Crippen LogP contribution in [0.25, 0.3) is 0 Å². The quantitative estimate of drug-likeness (QED) is 0.808. The van der Waals surface area contributed by atoms with Crippen LogP contribution in [0.4, 0.5) is 4.79 Å². The predicted octanol–water partition coefficient (Wildman–Crippen LogP) is 2.40. The number of hydrogen-bond donors (Lipinski definition) is 1. The van der Waals surface area contributed by atoms with E-state index in [1.165, 1.54) is 0 Å². The molecule has 2 unspecified atom stereocenters. The first kappa shape index (κ1) is 15.2. The number of rotatable bonds is 4. The highest BCUT2D eigenvalue weighted by molar-refractivity contribution is 5.68. The van der Waals surface area contributed by atoms with Gasteiger partial charge < -0.3 is 14.7 Å². The minimum Gasteiger partial charge on any atom is -0.444 e. The third-order valence-corrected chi connectivity index (χ3v) is 2.34. The van der Waals surface area contributed by atoms with Crippen LogP contribution in [-0.2, 0) is 4.74 Å². The lowest BCUT2D eigenvalue weighted by Crippen LogP contribution is -2.39. The smallest absolute Gasteiger partial charge is 0.410 e. The number of aliphatic hydroxyl groups is 1. The number of ether oxygens (including phenoxy) is 1. The van der Waals surface area contributed by atoms with Gasteiger partial charge in [-0.2, -0.15) is 0 Å². The number of nitrogens with zero attached hydrogens (tertiary/aromatic N) is 1. The zero-order chi connectivity index (χ0) is 12.9. The SMILES string of the molecule is CC(O)CCC(C)N(C)C(=O)OC(C)(C)C. The van der Waals surface area contributed by atoms with E-state index in [2.05, 4.69) is 0 Å². The first-order valence-electron chi connectivity index (χ1n) is 5.77. The summed E-state index contributed by atoms with van der Waals surface area (Å²) in [5.74, 6) is 0. The van der Waals surface area contributed by atoms with Crippen molar-refractivity contribution in [3.8, 4) is 0 Å². The maximum Gasteiger partial charge on any atom is 0.410 e. The van der Waals surface area contributed by atoms with Gasteiger partial charge in [0, 0.05) is 13.1 Å². The van der Waals surface area contributed by atoms with Gasteiger partial charge in [-0.1, -0.05) is 0 Å². The van der Waals surface area contributed by atoms with Gasteiger partial charge in [-0.15, -0.1) is 0 Å². The van der Waals surface area contributed by atoms with Crippen molar-refractivity contribution in [2.45, 2.75) is 65.2 Å². The van der Waals surface area contributed by atoms with Crippen molar-refractivity contribution in [1.29, 1.82) is 0 Å². The summed E-state index contributed by atoms with van der Waals surface area (Å²) in [6.07, 6.45) is 0.821. The topological polar surface area (TPSA) is 49.8 Å². The lowest BCUT2D eigenvalue weighted by atomic mass is 10.1. The van der Waals surface area contributed by atoms with Crippen LogP contribution >= 0.6 is 0 Å². The standard InChI is InChI=1S/C12H25NO3/c1-9(7-8-10(2)14)13(6)11(15)16-12(3,4)5/h9-10,14H,7-8H2,1-6H3. The Bertz CT molecular complexity index is 221. The molecule has 0 rings (SSSR count). The van der Waals surface area contributed by atoms with Crippen LogP contribution in [0.2, 0.25) is 0 Å². The van der Waals surface area contributed by atoms with E-state index in [1.54, 1.807) is 18.9 Å². The minimum absolute atomic E-state index is 0.0736. The Hall–Kier alpha value is -0.770. The summed E-state index contributed by atoms with van der Waals surface area (Å²) in [6.45, 7) is 9.24. The molecule has 0 aliphatic heterocycles. The zero-order valence-electron chi connectivity index (χ0n) is 11.3. The average Bonchev–Trinajstić information content (AvgIpc) is 2.10. The molecule has 4 heteroatoms. The molecule has 0 heterocycles. The van der Waals surface area contributed by atoms with Crippen LogP contribution in [0.5, 0.6) is 0 Å². The second-order valence-corrected chi connectivity index (χ2v) is 5.37. The summed E-state index contributed by atoms with van der Waals surface area (Å²) in [4.78, 5) is 13.3. The van der Waals surface area contributed by atoms with Gasteiger partial charge in [-0.3, -0.25) is 0 Å². The van der Waals surface area contributed by atoms with Crippen LogP contribution < -0.4 is 0 Å². The second-order valence-electron chi connectivity index (χ2n) is 5.37. The van der Waals surface area contributed by atoms with Crippen molar-refractivity contribution in [3.63, 3.8) is 0 Å². The predicted molar refractivity (Wildman–Crippen MR) is 64.4 cm³/mol. The van der Waals surface area contributed by atoms with Gasteiger partial charge in [0.05, 0.1) is 6.10 Å². The van der Waals surface area contributed by atoms with Crippen LogP contribution in [0.1, 0.15) is 47.5 Å². The lowest BCUT2D eigenvalue weighted by Gasteiger charge is -2.29. The second kappa shape index (κ2) is 6.09. The van der Waals surface area contributed by atoms with Crippen molar-refractivity contribution >= 4 is 6.09 Å². The van der Waals surface area contributed by atoms with Crippen molar-refractivity contribution in [2.24, 2.45) is 0 Å². The number of carbonyl (C=O) groups excluding carboxylic acids is 1. The molecule has 0 radical (unpaired) electrons. The summed E-state index contributed by atoms with van der Waals surface area (Å²) in [5, 5.41) is 9.17. The molecule has 0 aromatic heterocycles. The molecule has 2 atom stereocenters. The number of amides is 1. The van der Waals surface area contributed by atoms with E-state index in [-0.39, 0.29) is 18.2 Å². The van der Waals surface area contributed by atoms with E-state index in [0.717, 1.165) is 6.42 Å². The largest absolute Gasteiger partial charge is 0.444 e. The molecule has 0 aromatic rings. The van der Waals surface area contributed by atoms with Crippen molar-refractivity contribution in [1.82, 2.24) is 4.90 Å². The number of aliphatic hydroxyl groups excluding tert-OH is 1. The lowest BCUT2D eigenvalue weighted by molar-refractivity contribution is 0.0217. The Labute approximate surface area is 98.6 Å². The Balaban J connectivity index is 4.12. The van der Waals surface area contributed by atoms with E-state index in [9.17, 15) is 9.90 Å². The van der Waals surface area contributed by atoms with Gasteiger partial charge in [-0.05, 0) is 47.5 Å². The maximum absolute atomic E-state index is 11.7. The van der Waals surface area contributed by atoms with Crippen LogP contribution in [-0.4, -0.2) is 40.9 Å². The molecule has 96 valence electrons. The normalized spacial score (nSPS) is 15.4. The van der Waals surface area contributed by atoms with E-state index >= 15 is 0 Å². The number of carbonyl (C=O) groups is 1. The molecule has 4 nitrogen and oxygen atoms in total. The maximum atomic E-state index is 11.7. The van der Waals surface area contributed by atoms with E-state index < -0.39 is 5.60 Å². The third kappa shape index (κ3) is 6.67. The van der Waals surface area contributed by atoms with Crippen LogP contribution in [0.3, 0.4) is 0 Å². The van der Waals surface area contributed by atoms with Crippen molar-refractivity contribution in [2.75, 3.05) is 7.05 Å². The Morgan fingerprint density at radius 3 is 2.19 bits per heavy atom. The van der Waals surface area contributed by atoms with Crippen LogP contribution in [0, 0.1) is 0 Å². The summed E-state index contributed by atoms with van der Waals surface area (Å²) >= 11 is 0. The van der Waals surface area contributed by atoms with Crippen molar-refractivity contribution < 1.29 is 14.6 Å². The highest BCUT2D eigenvalue weighted by atomic mass is 16.6. The number of hydrogen-bond acceptors (Lipinski definition) is 3. The fourth-order valence-corrected chi connectivity index (χ4v) is 1.19. The Morgan fingerprint density at radius 2 is 1.81 bits per heavy atom. The van der Waals surface area contributed by atoms with Gasteiger partial charge >= 0.3 is 6.09 Å². The molecule has 0 aliphatic carbocycles. The fraction of sp³-hybridized carbons (Fsp3) is 0.917. The first-order chi connectivity index (χ1) is 7.13. The van der Waals surface area contributed by atoms with E-state index in [4.69, 9.17) is 4.74 Å². The molecular weight excluding hydrogens is 206 g/mol. The van der Waals surface area contributed by atoms with E-state index in [1.807, 2.05) is 27.7 Å². The summed E-state index contributed by atoms with van der Waals surface area (Å²) < 4.78 is 5.25. The monoisotopic (exact) mass is 231 g/mol. The third-order valence-electron chi connectivity index (χ3n) is 2.34. The van der Waals surface area contributed by atoms with Crippen molar-refractivity contribution in [3.05, 3.63) is 0 Å². The van der Waals surface area contributed by atoms with Gasteiger partial charge in [0.15, 0.2) is 0 Å². The molecule has 0 fully saturated rings. The van der Waals surface area contributed by atoms with E-state index in [0.29, 0.717) is 6.42 Å².